The minimum absolute atomic E-state index is 0.168. The van der Waals surface area contributed by atoms with Crippen molar-refractivity contribution in [1.82, 2.24) is 15.2 Å². The van der Waals surface area contributed by atoms with Gasteiger partial charge in [0.25, 0.3) is 5.91 Å². The van der Waals surface area contributed by atoms with Crippen LogP contribution in [0.1, 0.15) is 23.7 Å². The number of likely N-dealkylation sites (tertiary alicyclic amines) is 1. The van der Waals surface area contributed by atoms with Gasteiger partial charge < -0.3 is 15.2 Å². The standard InChI is InChI=1S/C13H19N3O2/c1-9-8-16(6-4-11(9)14-2)13(18)10-7-15-5-3-12(10)17/h3,5,7,9,11,14H,4,6,8H2,1-2H3,(H,15,17). The number of carbonyl (C=O) groups is 1. The molecule has 0 aromatic carbocycles. The summed E-state index contributed by atoms with van der Waals surface area (Å²) in [4.78, 5) is 28.4. The number of aromatic amines is 1. The van der Waals surface area contributed by atoms with Gasteiger partial charge in [0, 0.05) is 37.6 Å². The van der Waals surface area contributed by atoms with E-state index in [4.69, 9.17) is 0 Å². The van der Waals surface area contributed by atoms with Crippen LogP contribution in [0, 0.1) is 5.92 Å². The van der Waals surface area contributed by atoms with Crippen molar-refractivity contribution in [3.8, 4) is 0 Å². The first-order chi connectivity index (χ1) is 8.63. The van der Waals surface area contributed by atoms with Gasteiger partial charge in [0.2, 0.25) is 0 Å². The summed E-state index contributed by atoms with van der Waals surface area (Å²) in [5, 5.41) is 3.26. The normalized spacial score (nSPS) is 24.0. The second-order valence-electron chi connectivity index (χ2n) is 4.83. The maximum atomic E-state index is 12.2. The van der Waals surface area contributed by atoms with Gasteiger partial charge in [0.05, 0.1) is 0 Å². The first-order valence-electron chi connectivity index (χ1n) is 6.27. The quantitative estimate of drug-likeness (QED) is 0.799. The van der Waals surface area contributed by atoms with Gasteiger partial charge in [-0.2, -0.15) is 0 Å². The molecule has 0 spiro atoms. The Morgan fingerprint density at radius 3 is 2.94 bits per heavy atom. The average molecular weight is 249 g/mol. The number of aromatic nitrogens is 1. The van der Waals surface area contributed by atoms with Crippen LogP contribution in [-0.4, -0.2) is 42.0 Å². The summed E-state index contributed by atoms with van der Waals surface area (Å²) in [6.07, 6.45) is 3.95. The third kappa shape index (κ3) is 2.46. The Kier molecular flexibility index (Phi) is 3.81. The smallest absolute Gasteiger partial charge is 0.259 e. The predicted octanol–water partition coefficient (Wildman–Crippen LogP) is 0.445. The molecule has 0 saturated carbocycles. The fourth-order valence-corrected chi connectivity index (χ4v) is 2.51. The fraction of sp³-hybridized carbons (Fsp3) is 0.538. The number of rotatable bonds is 2. The highest BCUT2D eigenvalue weighted by atomic mass is 16.2. The van der Waals surface area contributed by atoms with E-state index in [9.17, 15) is 9.59 Å². The third-order valence-corrected chi connectivity index (χ3v) is 3.62. The molecule has 1 aromatic rings. The molecule has 0 bridgehead atoms. The lowest BCUT2D eigenvalue weighted by atomic mass is 9.93. The van der Waals surface area contributed by atoms with Gasteiger partial charge in [-0.3, -0.25) is 9.59 Å². The van der Waals surface area contributed by atoms with Crippen molar-refractivity contribution in [3.63, 3.8) is 0 Å². The summed E-state index contributed by atoms with van der Waals surface area (Å²) in [5.41, 5.74) is 0.00903. The van der Waals surface area contributed by atoms with Crippen molar-refractivity contribution in [2.75, 3.05) is 20.1 Å². The van der Waals surface area contributed by atoms with Crippen LogP contribution in [0.3, 0.4) is 0 Å². The topological polar surface area (TPSA) is 65.2 Å². The summed E-state index contributed by atoms with van der Waals surface area (Å²) >= 11 is 0. The molecule has 0 aliphatic carbocycles. The number of hydrogen-bond donors (Lipinski definition) is 2. The highest BCUT2D eigenvalue weighted by molar-refractivity contribution is 5.93. The van der Waals surface area contributed by atoms with Crippen LogP contribution < -0.4 is 10.7 Å². The Morgan fingerprint density at radius 1 is 1.56 bits per heavy atom. The Hall–Kier alpha value is -1.62. The number of nitrogens with zero attached hydrogens (tertiary/aromatic N) is 1. The summed E-state index contributed by atoms with van der Waals surface area (Å²) in [7, 11) is 1.94. The Balaban J connectivity index is 2.12. The van der Waals surface area contributed by atoms with Crippen LogP contribution in [0.5, 0.6) is 0 Å². The van der Waals surface area contributed by atoms with Crippen LogP contribution in [0.25, 0.3) is 0 Å². The molecule has 5 nitrogen and oxygen atoms in total. The van der Waals surface area contributed by atoms with Crippen LogP contribution in [0.2, 0.25) is 0 Å². The molecule has 0 radical (unpaired) electrons. The minimum Gasteiger partial charge on any atom is -0.367 e. The zero-order valence-electron chi connectivity index (χ0n) is 10.8. The van der Waals surface area contributed by atoms with Crippen LogP contribution in [-0.2, 0) is 0 Å². The molecule has 5 heteroatoms. The molecular formula is C13H19N3O2. The van der Waals surface area contributed by atoms with Gasteiger partial charge in [-0.1, -0.05) is 6.92 Å². The SMILES string of the molecule is CNC1CCN(C(=O)c2c[nH]ccc2=O)CC1C. The second kappa shape index (κ2) is 5.35. The number of carbonyl (C=O) groups excluding carboxylic acids is 1. The molecule has 1 aliphatic rings. The number of pyridine rings is 1. The van der Waals surface area contributed by atoms with Gasteiger partial charge in [0.15, 0.2) is 5.43 Å². The van der Waals surface area contributed by atoms with E-state index in [1.165, 1.54) is 18.5 Å². The lowest BCUT2D eigenvalue weighted by molar-refractivity contribution is 0.0647. The van der Waals surface area contributed by atoms with E-state index in [0.29, 0.717) is 25.0 Å². The summed E-state index contributed by atoms with van der Waals surface area (Å²) in [6, 6.07) is 1.83. The zero-order valence-corrected chi connectivity index (χ0v) is 10.8. The lowest BCUT2D eigenvalue weighted by Gasteiger charge is -2.36. The van der Waals surface area contributed by atoms with Crippen LogP contribution >= 0.6 is 0 Å². The maximum Gasteiger partial charge on any atom is 0.259 e. The predicted molar refractivity (Wildman–Crippen MR) is 69.6 cm³/mol. The highest BCUT2D eigenvalue weighted by Crippen LogP contribution is 2.17. The van der Waals surface area contributed by atoms with Gasteiger partial charge >= 0.3 is 0 Å². The van der Waals surface area contributed by atoms with E-state index >= 15 is 0 Å². The number of piperidine rings is 1. The molecule has 2 heterocycles. The van der Waals surface area contributed by atoms with E-state index in [1.807, 2.05) is 7.05 Å². The number of nitrogens with one attached hydrogen (secondary N) is 2. The second-order valence-corrected chi connectivity index (χ2v) is 4.83. The number of hydrogen-bond acceptors (Lipinski definition) is 3. The molecule has 1 amide bonds. The van der Waals surface area contributed by atoms with E-state index < -0.39 is 0 Å². The van der Waals surface area contributed by atoms with Crippen molar-refractivity contribution in [3.05, 3.63) is 34.2 Å². The van der Waals surface area contributed by atoms with Gasteiger partial charge in [-0.05, 0) is 19.4 Å². The van der Waals surface area contributed by atoms with E-state index in [1.54, 1.807) is 4.90 Å². The van der Waals surface area contributed by atoms with Gasteiger partial charge in [-0.15, -0.1) is 0 Å². The molecule has 2 unspecified atom stereocenters. The molecular weight excluding hydrogens is 230 g/mol. The maximum absolute atomic E-state index is 12.2. The lowest BCUT2D eigenvalue weighted by Crippen LogP contribution is -2.49. The average Bonchev–Trinajstić information content (AvgIpc) is 2.38. The zero-order chi connectivity index (χ0) is 13.1. The van der Waals surface area contributed by atoms with Gasteiger partial charge in [0.1, 0.15) is 5.56 Å². The highest BCUT2D eigenvalue weighted by Gasteiger charge is 2.28. The van der Waals surface area contributed by atoms with Crippen molar-refractivity contribution in [2.45, 2.75) is 19.4 Å². The summed E-state index contributed by atoms with van der Waals surface area (Å²) < 4.78 is 0. The molecule has 1 saturated heterocycles. The Labute approximate surface area is 106 Å². The number of amides is 1. The summed E-state index contributed by atoms with van der Waals surface area (Å²) in [5.74, 6) is 0.230. The van der Waals surface area contributed by atoms with Crippen molar-refractivity contribution >= 4 is 5.91 Å². The monoisotopic (exact) mass is 249 g/mol. The van der Waals surface area contributed by atoms with Crippen LogP contribution in [0.15, 0.2) is 23.3 Å². The van der Waals surface area contributed by atoms with Crippen molar-refractivity contribution in [1.29, 1.82) is 0 Å². The largest absolute Gasteiger partial charge is 0.367 e. The van der Waals surface area contributed by atoms with E-state index in [0.717, 1.165) is 6.42 Å². The molecule has 2 atom stereocenters. The first-order valence-corrected chi connectivity index (χ1v) is 6.27. The Morgan fingerprint density at radius 2 is 2.33 bits per heavy atom. The molecule has 1 fully saturated rings. The van der Waals surface area contributed by atoms with Crippen LogP contribution in [0.4, 0.5) is 0 Å². The molecule has 2 N–H and O–H groups in total. The van der Waals surface area contributed by atoms with E-state index in [-0.39, 0.29) is 16.9 Å². The minimum atomic E-state index is -0.220. The molecule has 1 aromatic heterocycles. The summed E-state index contributed by atoms with van der Waals surface area (Å²) in [6.45, 7) is 3.51. The molecule has 98 valence electrons. The molecule has 18 heavy (non-hydrogen) atoms. The fourth-order valence-electron chi connectivity index (χ4n) is 2.51. The van der Waals surface area contributed by atoms with Crippen molar-refractivity contribution in [2.24, 2.45) is 5.92 Å². The molecule has 2 rings (SSSR count). The Bertz CT molecular complexity index is 483. The third-order valence-electron chi connectivity index (χ3n) is 3.62. The van der Waals surface area contributed by atoms with Crippen molar-refractivity contribution < 1.29 is 4.79 Å². The number of H-pyrrole nitrogens is 1. The van der Waals surface area contributed by atoms with E-state index in [2.05, 4.69) is 17.2 Å². The molecule has 1 aliphatic heterocycles. The first kappa shape index (κ1) is 12.8. The van der Waals surface area contributed by atoms with Gasteiger partial charge in [-0.25, -0.2) is 0 Å².